The van der Waals surface area contributed by atoms with Crippen molar-refractivity contribution in [1.29, 1.82) is 0 Å². The molecule has 0 aromatic heterocycles. The Bertz CT molecular complexity index is 130. The van der Waals surface area contributed by atoms with Gasteiger partial charge in [-0.2, -0.15) is 11.8 Å². The maximum atomic E-state index is 3.88. The Hall–Kier alpha value is 0.0500. The van der Waals surface area contributed by atoms with Crippen molar-refractivity contribution in [2.45, 2.75) is 37.5 Å². The fourth-order valence-corrected chi connectivity index (χ4v) is 2.95. The summed E-state index contributed by atoms with van der Waals surface area (Å²) < 4.78 is 0. The molecule has 1 heterocycles. The Kier molecular flexibility index (Phi) is 4.77. The third kappa shape index (κ3) is 2.83. The third-order valence-electron chi connectivity index (χ3n) is 2.25. The summed E-state index contributed by atoms with van der Waals surface area (Å²) in [6, 6.07) is 0.539. The normalized spacial score (nSPS) is 25.6. The first-order valence-electron chi connectivity index (χ1n) is 4.86. The van der Waals surface area contributed by atoms with Crippen LogP contribution in [0.15, 0.2) is 12.7 Å². The molecular formula is C10H19NS. The molecule has 1 aliphatic rings. The molecule has 1 rings (SSSR count). The number of nitrogens with one attached hydrogen (secondary N) is 1. The van der Waals surface area contributed by atoms with E-state index < -0.39 is 0 Å². The molecule has 1 aliphatic heterocycles. The minimum absolute atomic E-state index is 0.539. The summed E-state index contributed by atoms with van der Waals surface area (Å²) in [7, 11) is 0. The van der Waals surface area contributed by atoms with E-state index in [0.29, 0.717) is 6.04 Å². The van der Waals surface area contributed by atoms with Crippen LogP contribution >= 0.6 is 11.8 Å². The number of thioether (sulfide) groups is 1. The molecule has 0 aromatic carbocycles. The zero-order valence-electron chi connectivity index (χ0n) is 7.88. The summed E-state index contributed by atoms with van der Waals surface area (Å²) >= 11 is 2.09. The highest BCUT2D eigenvalue weighted by Crippen LogP contribution is 2.29. The van der Waals surface area contributed by atoms with Crippen LogP contribution in [0.25, 0.3) is 0 Å². The average molecular weight is 185 g/mol. The summed E-state index contributed by atoms with van der Waals surface area (Å²) in [6.07, 6.45) is 6.02. The zero-order valence-corrected chi connectivity index (χ0v) is 8.70. The largest absolute Gasteiger partial charge is 0.310 e. The average Bonchev–Trinajstić information content (AvgIpc) is 2.59. The maximum absolute atomic E-state index is 3.88. The highest BCUT2D eigenvalue weighted by molar-refractivity contribution is 8.00. The SMILES string of the molecule is C=CC(NCCC)C1CCCS1. The molecule has 1 saturated heterocycles. The van der Waals surface area contributed by atoms with Crippen molar-refractivity contribution < 1.29 is 0 Å². The van der Waals surface area contributed by atoms with Crippen LogP contribution in [0.5, 0.6) is 0 Å². The quantitative estimate of drug-likeness (QED) is 0.660. The molecular weight excluding hydrogens is 166 g/mol. The van der Waals surface area contributed by atoms with Gasteiger partial charge < -0.3 is 5.32 Å². The standard InChI is InChI=1S/C10H19NS/c1-3-7-11-9(4-2)10-6-5-8-12-10/h4,9-11H,2-3,5-8H2,1H3. The van der Waals surface area contributed by atoms with Gasteiger partial charge in [0.2, 0.25) is 0 Å². The van der Waals surface area contributed by atoms with Gasteiger partial charge in [0.15, 0.2) is 0 Å². The molecule has 0 radical (unpaired) electrons. The van der Waals surface area contributed by atoms with Gasteiger partial charge in [-0.3, -0.25) is 0 Å². The van der Waals surface area contributed by atoms with E-state index in [1.807, 2.05) is 0 Å². The van der Waals surface area contributed by atoms with Crippen LogP contribution in [0.3, 0.4) is 0 Å². The summed E-state index contributed by atoms with van der Waals surface area (Å²) in [6.45, 7) is 7.20. The summed E-state index contributed by atoms with van der Waals surface area (Å²) in [4.78, 5) is 0. The van der Waals surface area contributed by atoms with Crippen molar-refractivity contribution in [2.75, 3.05) is 12.3 Å². The predicted molar refractivity (Wildman–Crippen MR) is 57.8 cm³/mol. The third-order valence-corrected chi connectivity index (χ3v) is 3.73. The number of hydrogen-bond acceptors (Lipinski definition) is 2. The molecule has 2 heteroatoms. The molecule has 0 aliphatic carbocycles. The first-order valence-corrected chi connectivity index (χ1v) is 5.91. The van der Waals surface area contributed by atoms with E-state index in [0.717, 1.165) is 11.8 Å². The van der Waals surface area contributed by atoms with Crippen LogP contribution in [0, 0.1) is 0 Å². The van der Waals surface area contributed by atoms with Crippen molar-refractivity contribution >= 4 is 11.8 Å². The summed E-state index contributed by atoms with van der Waals surface area (Å²) in [5.74, 6) is 1.34. The van der Waals surface area contributed by atoms with Gasteiger partial charge in [0, 0.05) is 11.3 Å². The lowest BCUT2D eigenvalue weighted by Crippen LogP contribution is -2.35. The van der Waals surface area contributed by atoms with Gasteiger partial charge >= 0.3 is 0 Å². The molecule has 0 saturated carbocycles. The van der Waals surface area contributed by atoms with Crippen molar-refractivity contribution in [1.82, 2.24) is 5.32 Å². The first kappa shape index (κ1) is 10.1. The van der Waals surface area contributed by atoms with E-state index in [1.165, 1.54) is 25.0 Å². The number of rotatable bonds is 5. The highest BCUT2D eigenvalue weighted by atomic mass is 32.2. The first-order chi connectivity index (χ1) is 5.88. The lowest BCUT2D eigenvalue weighted by molar-refractivity contribution is 0.556. The Labute approximate surface area is 80.0 Å². The van der Waals surface area contributed by atoms with Gasteiger partial charge in [0.1, 0.15) is 0 Å². The van der Waals surface area contributed by atoms with Gasteiger partial charge in [-0.1, -0.05) is 13.0 Å². The molecule has 2 unspecified atom stereocenters. The van der Waals surface area contributed by atoms with E-state index in [2.05, 4.69) is 36.7 Å². The molecule has 0 bridgehead atoms. The topological polar surface area (TPSA) is 12.0 Å². The van der Waals surface area contributed by atoms with Crippen molar-refractivity contribution in [3.63, 3.8) is 0 Å². The van der Waals surface area contributed by atoms with Crippen LogP contribution in [0.2, 0.25) is 0 Å². The smallest absolute Gasteiger partial charge is 0.0367 e. The van der Waals surface area contributed by atoms with Gasteiger partial charge in [0.05, 0.1) is 0 Å². The van der Waals surface area contributed by atoms with E-state index in [1.54, 1.807) is 0 Å². The van der Waals surface area contributed by atoms with E-state index >= 15 is 0 Å². The lowest BCUT2D eigenvalue weighted by Gasteiger charge is -2.20. The Balaban J connectivity index is 2.27. The minimum Gasteiger partial charge on any atom is -0.310 e. The van der Waals surface area contributed by atoms with Crippen LogP contribution < -0.4 is 5.32 Å². The van der Waals surface area contributed by atoms with Crippen molar-refractivity contribution in [3.05, 3.63) is 12.7 Å². The zero-order chi connectivity index (χ0) is 8.81. The van der Waals surface area contributed by atoms with Crippen molar-refractivity contribution in [3.8, 4) is 0 Å². The second kappa shape index (κ2) is 5.65. The van der Waals surface area contributed by atoms with E-state index in [4.69, 9.17) is 0 Å². The molecule has 0 aromatic rings. The molecule has 1 fully saturated rings. The number of hydrogen-bond donors (Lipinski definition) is 1. The van der Waals surface area contributed by atoms with E-state index in [-0.39, 0.29) is 0 Å². The van der Waals surface area contributed by atoms with E-state index in [9.17, 15) is 0 Å². The molecule has 0 amide bonds. The second-order valence-corrected chi connectivity index (χ2v) is 4.61. The van der Waals surface area contributed by atoms with Gasteiger partial charge in [-0.25, -0.2) is 0 Å². The van der Waals surface area contributed by atoms with Gasteiger partial charge in [-0.15, -0.1) is 6.58 Å². The lowest BCUT2D eigenvalue weighted by atomic mass is 10.1. The molecule has 2 atom stereocenters. The van der Waals surface area contributed by atoms with Crippen molar-refractivity contribution in [2.24, 2.45) is 0 Å². The van der Waals surface area contributed by atoms with Crippen LogP contribution in [-0.4, -0.2) is 23.6 Å². The molecule has 0 spiro atoms. The highest BCUT2D eigenvalue weighted by Gasteiger charge is 2.22. The second-order valence-electron chi connectivity index (χ2n) is 3.27. The maximum Gasteiger partial charge on any atom is 0.0367 e. The Morgan fingerprint density at radius 2 is 2.58 bits per heavy atom. The Morgan fingerprint density at radius 3 is 3.08 bits per heavy atom. The summed E-state index contributed by atoms with van der Waals surface area (Å²) in [5, 5.41) is 4.31. The van der Waals surface area contributed by atoms with Crippen LogP contribution in [0.1, 0.15) is 26.2 Å². The van der Waals surface area contributed by atoms with Gasteiger partial charge in [0.25, 0.3) is 0 Å². The van der Waals surface area contributed by atoms with Crippen LogP contribution in [0.4, 0.5) is 0 Å². The monoisotopic (exact) mass is 185 g/mol. The van der Waals surface area contributed by atoms with Crippen LogP contribution in [-0.2, 0) is 0 Å². The predicted octanol–water partition coefficient (Wildman–Crippen LogP) is 2.44. The summed E-state index contributed by atoms with van der Waals surface area (Å²) in [5.41, 5.74) is 0. The van der Waals surface area contributed by atoms with Gasteiger partial charge in [-0.05, 0) is 31.6 Å². The molecule has 1 nitrogen and oxygen atoms in total. The Morgan fingerprint density at radius 1 is 1.75 bits per heavy atom. The molecule has 12 heavy (non-hydrogen) atoms. The molecule has 1 N–H and O–H groups in total. The minimum atomic E-state index is 0.539. The fourth-order valence-electron chi connectivity index (χ4n) is 1.56. The molecule has 70 valence electrons. The fraction of sp³-hybridized carbons (Fsp3) is 0.800.